The minimum Gasteiger partial charge on any atom is -0.492 e. The molecule has 3 aromatic rings. The molecule has 1 aromatic heterocycles. The number of aromatic nitrogens is 2. The highest BCUT2D eigenvalue weighted by molar-refractivity contribution is 5.91. The Hall–Kier alpha value is -3.45. The van der Waals surface area contributed by atoms with Crippen molar-refractivity contribution in [1.82, 2.24) is 20.0 Å². The molecule has 0 bridgehead atoms. The lowest BCUT2D eigenvalue weighted by Crippen LogP contribution is -2.30. The summed E-state index contributed by atoms with van der Waals surface area (Å²) >= 11 is 0. The van der Waals surface area contributed by atoms with Crippen LogP contribution in [0.5, 0.6) is 5.75 Å². The first kappa shape index (κ1) is 23.2. The van der Waals surface area contributed by atoms with Gasteiger partial charge in [-0.3, -0.25) is 14.5 Å². The molecule has 1 heterocycles. The summed E-state index contributed by atoms with van der Waals surface area (Å²) in [7, 11) is 0. The number of benzene rings is 2. The van der Waals surface area contributed by atoms with Gasteiger partial charge in [0.2, 0.25) is 0 Å². The number of carbonyl (C=O) groups excluding carboxylic acids is 1. The van der Waals surface area contributed by atoms with Gasteiger partial charge in [-0.15, -0.1) is 0 Å². The number of carbonyl (C=O) groups is 1. The Kier molecular flexibility index (Phi) is 8.57. The molecular formula is C25H30N4O3. The van der Waals surface area contributed by atoms with Crippen molar-refractivity contribution >= 4 is 5.91 Å². The Labute approximate surface area is 188 Å². The largest absolute Gasteiger partial charge is 0.492 e. The molecule has 7 nitrogen and oxygen atoms in total. The van der Waals surface area contributed by atoms with Crippen LogP contribution in [-0.2, 0) is 19.6 Å². The topological polar surface area (TPSA) is 76.5 Å². The molecular weight excluding hydrogens is 404 g/mol. The Morgan fingerprint density at radius 1 is 0.969 bits per heavy atom. The van der Waals surface area contributed by atoms with E-state index in [9.17, 15) is 9.59 Å². The van der Waals surface area contributed by atoms with Gasteiger partial charge in [0.05, 0.1) is 6.54 Å². The highest BCUT2D eigenvalue weighted by atomic mass is 16.5. The SMILES string of the molecule is CCN(CC)Cc1ccc(CNC(=O)c2ccc(=O)n(CCOc3ccccc3)n2)cc1. The van der Waals surface area contributed by atoms with E-state index in [1.54, 1.807) is 0 Å². The molecule has 0 aliphatic heterocycles. The first-order valence-corrected chi connectivity index (χ1v) is 10.9. The molecule has 168 valence electrons. The van der Waals surface area contributed by atoms with Gasteiger partial charge in [0, 0.05) is 19.2 Å². The highest BCUT2D eigenvalue weighted by Gasteiger charge is 2.10. The van der Waals surface area contributed by atoms with Gasteiger partial charge in [-0.25, -0.2) is 4.68 Å². The van der Waals surface area contributed by atoms with Crippen LogP contribution in [0.2, 0.25) is 0 Å². The number of nitrogens with one attached hydrogen (secondary N) is 1. The fraction of sp³-hybridized carbons (Fsp3) is 0.320. The van der Waals surface area contributed by atoms with Crippen LogP contribution in [0.1, 0.15) is 35.5 Å². The number of hydrogen-bond acceptors (Lipinski definition) is 5. The van der Waals surface area contributed by atoms with Gasteiger partial charge in [0.15, 0.2) is 0 Å². The zero-order chi connectivity index (χ0) is 22.8. The van der Waals surface area contributed by atoms with Gasteiger partial charge in [-0.2, -0.15) is 5.10 Å². The monoisotopic (exact) mass is 434 g/mol. The van der Waals surface area contributed by atoms with E-state index in [1.165, 1.54) is 22.4 Å². The summed E-state index contributed by atoms with van der Waals surface area (Å²) in [5.74, 6) is 0.396. The first-order chi connectivity index (χ1) is 15.6. The Balaban J connectivity index is 1.53. The van der Waals surface area contributed by atoms with Crippen LogP contribution in [0.4, 0.5) is 0 Å². The quantitative estimate of drug-likeness (QED) is 0.502. The van der Waals surface area contributed by atoms with Crippen LogP contribution in [-0.4, -0.2) is 40.3 Å². The highest BCUT2D eigenvalue weighted by Crippen LogP contribution is 2.09. The van der Waals surface area contributed by atoms with E-state index in [2.05, 4.69) is 41.3 Å². The van der Waals surface area contributed by atoms with Crippen LogP contribution in [0.15, 0.2) is 71.5 Å². The minimum absolute atomic E-state index is 0.197. The van der Waals surface area contributed by atoms with Crippen molar-refractivity contribution in [2.75, 3.05) is 19.7 Å². The summed E-state index contributed by atoms with van der Waals surface area (Å²) in [5, 5.41) is 7.06. The summed E-state index contributed by atoms with van der Waals surface area (Å²) in [4.78, 5) is 27.0. The molecule has 32 heavy (non-hydrogen) atoms. The maximum Gasteiger partial charge on any atom is 0.271 e. The molecule has 0 aliphatic rings. The zero-order valence-corrected chi connectivity index (χ0v) is 18.7. The van der Waals surface area contributed by atoms with Crippen molar-refractivity contribution in [3.63, 3.8) is 0 Å². The maximum atomic E-state index is 12.5. The first-order valence-electron chi connectivity index (χ1n) is 10.9. The van der Waals surface area contributed by atoms with Crippen LogP contribution >= 0.6 is 0 Å². The molecule has 0 spiro atoms. The smallest absolute Gasteiger partial charge is 0.271 e. The molecule has 1 amide bonds. The predicted molar refractivity (Wildman–Crippen MR) is 125 cm³/mol. The third kappa shape index (κ3) is 6.78. The number of hydrogen-bond donors (Lipinski definition) is 1. The number of amides is 1. The van der Waals surface area contributed by atoms with E-state index in [0.29, 0.717) is 6.54 Å². The van der Waals surface area contributed by atoms with Crippen molar-refractivity contribution < 1.29 is 9.53 Å². The molecule has 0 radical (unpaired) electrons. The van der Waals surface area contributed by atoms with Crippen molar-refractivity contribution in [3.8, 4) is 5.75 Å². The third-order valence-corrected chi connectivity index (χ3v) is 5.19. The lowest BCUT2D eigenvalue weighted by molar-refractivity contribution is 0.0943. The van der Waals surface area contributed by atoms with Gasteiger partial charge in [-0.1, -0.05) is 56.3 Å². The van der Waals surface area contributed by atoms with E-state index < -0.39 is 0 Å². The van der Waals surface area contributed by atoms with E-state index in [1.807, 2.05) is 42.5 Å². The molecule has 0 saturated carbocycles. The fourth-order valence-electron chi connectivity index (χ4n) is 3.24. The van der Waals surface area contributed by atoms with Crippen molar-refractivity contribution in [3.05, 3.63) is 93.9 Å². The summed E-state index contributed by atoms with van der Waals surface area (Å²) in [6.45, 7) is 8.18. The second-order valence-electron chi connectivity index (χ2n) is 7.40. The molecule has 0 fully saturated rings. The molecule has 1 N–H and O–H groups in total. The van der Waals surface area contributed by atoms with Crippen LogP contribution in [0, 0.1) is 0 Å². The van der Waals surface area contributed by atoms with Gasteiger partial charge in [0.1, 0.15) is 18.1 Å². The maximum absolute atomic E-state index is 12.5. The Bertz CT molecular complexity index is 1040. The van der Waals surface area contributed by atoms with Crippen LogP contribution in [0.3, 0.4) is 0 Å². The summed E-state index contributed by atoms with van der Waals surface area (Å²) in [6.07, 6.45) is 0. The van der Waals surface area contributed by atoms with E-state index in [4.69, 9.17) is 4.74 Å². The third-order valence-electron chi connectivity index (χ3n) is 5.19. The number of nitrogens with zero attached hydrogens (tertiary/aromatic N) is 3. The van der Waals surface area contributed by atoms with Crippen LogP contribution in [0.25, 0.3) is 0 Å². The normalized spacial score (nSPS) is 10.8. The van der Waals surface area contributed by atoms with Crippen molar-refractivity contribution in [1.29, 1.82) is 0 Å². The average Bonchev–Trinajstić information content (AvgIpc) is 2.83. The molecule has 2 aromatic carbocycles. The van der Waals surface area contributed by atoms with E-state index in [-0.39, 0.29) is 30.3 Å². The van der Waals surface area contributed by atoms with Crippen molar-refractivity contribution in [2.24, 2.45) is 0 Å². The molecule has 0 saturated heterocycles. The molecule has 0 atom stereocenters. The number of rotatable bonds is 11. The summed E-state index contributed by atoms with van der Waals surface area (Å²) < 4.78 is 6.87. The van der Waals surface area contributed by atoms with Crippen LogP contribution < -0.4 is 15.6 Å². The second-order valence-corrected chi connectivity index (χ2v) is 7.40. The summed E-state index contributed by atoms with van der Waals surface area (Å²) in [5.41, 5.74) is 2.17. The second kappa shape index (κ2) is 11.8. The lowest BCUT2D eigenvalue weighted by Gasteiger charge is -2.18. The zero-order valence-electron chi connectivity index (χ0n) is 18.7. The standard InChI is InChI=1S/C25H30N4O3/c1-3-28(4-2)19-21-12-10-20(11-13-21)18-26-25(31)23-14-15-24(30)29(27-23)16-17-32-22-8-6-5-7-9-22/h5-15H,3-4,16-19H2,1-2H3,(H,26,31). The average molecular weight is 435 g/mol. The van der Waals surface area contributed by atoms with Gasteiger partial charge in [0.25, 0.3) is 11.5 Å². The fourth-order valence-corrected chi connectivity index (χ4v) is 3.24. The molecule has 7 heteroatoms. The number of ether oxygens (including phenoxy) is 1. The van der Waals surface area contributed by atoms with Crippen molar-refractivity contribution in [2.45, 2.75) is 33.5 Å². The van der Waals surface area contributed by atoms with E-state index >= 15 is 0 Å². The van der Waals surface area contributed by atoms with Gasteiger partial charge in [-0.05, 0) is 42.4 Å². The number of para-hydroxylation sites is 1. The predicted octanol–water partition coefficient (Wildman–Crippen LogP) is 3.09. The molecule has 3 rings (SSSR count). The molecule has 0 unspecified atom stereocenters. The summed E-state index contributed by atoms with van der Waals surface area (Å²) in [6, 6.07) is 20.4. The Morgan fingerprint density at radius 2 is 1.66 bits per heavy atom. The van der Waals surface area contributed by atoms with E-state index in [0.717, 1.165) is 30.9 Å². The minimum atomic E-state index is -0.324. The molecule has 0 aliphatic carbocycles. The lowest BCUT2D eigenvalue weighted by atomic mass is 10.1. The van der Waals surface area contributed by atoms with Gasteiger partial charge >= 0.3 is 0 Å². The van der Waals surface area contributed by atoms with Gasteiger partial charge < -0.3 is 10.1 Å². The Morgan fingerprint density at radius 3 is 2.34 bits per heavy atom.